The lowest BCUT2D eigenvalue weighted by atomic mass is 10.0. The van der Waals surface area contributed by atoms with E-state index in [1.807, 2.05) is 44.2 Å². The second-order valence-electron chi connectivity index (χ2n) is 9.54. The van der Waals surface area contributed by atoms with Gasteiger partial charge in [-0.3, -0.25) is 13.9 Å². The van der Waals surface area contributed by atoms with Gasteiger partial charge in [-0.25, -0.2) is 8.42 Å². The molecule has 0 spiro atoms. The highest BCUT2D eigenvalue weighted by molar-refractivity contribution is 7.92. The Bertz CT molecular complexity index is 1440. The van der Waals surface area contributed by atoms with Crippen molar-refractivity contribution < 1.29 is 18.0 Å². The number of hydrogen-bond acceptors (Lipinski definition) is 4. The molecule has 0 bridgehead atoms. The summed E-state index contributed by atoms with van der Waals surface area (Å²) in [7, 11) is -3.92. The quantitative estimate of drug-likeness (QED) is 0.269. The van der Waals surface area contributed by atoms with E-state index in [0.717, 1.165) is 16.1 Å². The van der Waals surface area contributed by atoms with Crippen molar-refractivity contribution in [2.75, 3.05) is 17.1 Å². The number of halogens is 3. The molecule has 0 saturated heterocycles. The molecule has 0 aromatic heterocycles. The molecule has 11 heteroatoms. The van der Waals surface area contributed by atoms with Gasteiger partial charge in [-0.2, -0.15) is 0 Å². The maximum absolute atomic E-state index is 14.1. The smallest absolute Gasteiger partial charge is 0.244 e. The molecule has 214 valence electrons. The predicted octanol–water partition coefficient (Wildman–Crippen LogP) is 5.97. The van der Waals surface area contributed by atoms with Crippen molar-refractivity contribution in [2.45, 2.75) is 45.3 Å². The molecule has 40 heavy (non-hydrogen) atoms. The van der Waals surface area contributed by atoms with E-state index < -0.39 is 28.5 Å². The van der Waals surface area contributed by atoms with Gasteiger partial charge in [-0.1, -0.05) is 84.2 Å². The molecular weight excluding hydrogens is 593 g/mol. The number of anilines is 1. The molecule has 0 fully saturated rings. The van der Waals surface area contributed by atoms with Crippen LogP contribution in [0.4, 0.5) is 5.69 Å². The van der Waals surface area contributed by atoms with Crippen molar-refractivity contribution in [3.8, 4) is 0 Å². The Balaban J connectivity index is 2.07. The molecule has 0 saturated carbocycles. The average Bonchev–Trinajstić information content (AvgIpc) is 2.90. The van der Waals surface area contributed by atoms with Crippen LogP contribution in [-0.4, -0.2) is 50.0 Å². The molecule has 3 aromatic carbocycles. The topological polar surface area (TPSA) is 86.8 Å². The summed E-state index contributed by atoms with van der Waals surface area (Å²) in [5.74, 6) is -0.911. The van der Waals surface area contributed by atoms with Crippen LogP contribution < -0.4 is 9.62 Å². The first kappa shape index (κ1) is 31.7. The van der Waals surface area contributed by atoms with E-state index in [4.69, 9.17) is 34.8 Å². The molecule has 0 aliphatic rings. The fraction of sp³-hybridized carbons (Fsp3) is 0.310. The molecule has 0 unspecified atom stereocenters. The highest BCUT2D eigenvalue weighted by Crippen LogP contribution is 2.29. The third-order valence-electron chi connectivity index (χ3n) is 6.38. The largest absolute Gasteiger partial charge is 0.352 e. The lowest BCUT2D eigenvalue weighted by Gasteiger charge is -2.34. The van der Waals surface area contributed by atoms with Gasteiger partial charge in [-0.15, -0.1) is 0 Å². The van der Waals surface area contributed by atoms with E-state index in [2.05, 4.69) is 5.32 Å². The van der Waals surface area contributed by atoms with Crippen LogP contribution in [0.5, 0.6) is 0 Å². The minimum Gasteiger partial charge on any atom is -0.352 e. The van der Waals surface area contributed by atoms with E-state index >= 15 is 0 Å². The number of carbonyl (C=O) groups excluding carboxylic acids is 2. The van der Waals surface area contributed by atoms with Gasteiger partial charge in [0.1, 0.15) is 12.6 Å². The highest BCUT2D eigenvalue weighted by atomic mass is 35.5. The molecule has 0 radical (unpaired) electrons. The first-order chi connectivity index (χ1) is 18.9. The number of hydrogen-bond donors (Lipinski definition) is 1. The maximum Gasteiger partial charge on any atom is 0.244 e. The second-order valence-corrected chi connectivity index (χ2v) is 12.7. The van der Waals surface area contributed by atoms with Crippen LogP contribution in [0, 0.1) is 0 Å². The van der Waals surface area contributed by atoms with Crippen LogP contribution in [-0.2, 0) is 32.6 Å². The van der Waals surface area contributed by atoms with E-state index in [0.29, 0.717) is 17.0 Å². The van der Waals surface area contributed by atoms with Gasteiger partial charge in [0.25, 0.3) is 0 Å². The summed E-state index contributed by atoms with van der Waals surface area (Å²) in [4.78, 5) is 29.1. The van der Waals surface area contributed by atoms with Crippen LogP contribution in [0.3, 0.4) is 0 Å². The van der Waals surface area contributed by atoms with Gasteiger partial charge in [0.2, 0.25) is 21.8 Å². The van der Waals surface area contributed by atoms with Crippen molar-refractivity contribution in [2.24, 2.45) is 0 Å². The molecule has 2 amide bonds. The zero-order valence-corrected chi connectivity index (χ0v) is 25.6. The molecule has 1 N–H and O–H groups in total. The van der Waals surface area contributed by atoms with Crippen molar-refractivity contribution in [1.82, 2.24) is 10.2 Å². The number of sulfonamides is 1. The van der Waals surface area contributed by atoms with Crippen LogP contribution >= 0.6 is 34.8 Å². The van der Waals surface area contributed by atoms with Crippen molar-refractivity contribution in [3.63, 3.8) is 0 Å². The molecule has 7 nitrogen and oxygen atoms in total. The zero-order valence-electron chi connectivity index (χ0n) is 22.5. The Hall–Kier alpha value is -2.78. The van der Waals surface area contributed by atoms with Gasteiger partial charge in [-0.05, 0) is 54.8 Å². The lowest BCUT2D eigenvalue weighted by Crippen LogP contribution is -2.54. The summed E-state index contributed by atoms with van der Waals surface area (Å²) in [5.41, 5.74) is 1.72. The predicted molar refractivity (Wildman–Crippen MR) is 162 cm³/mol. The first-order valence-electron chi connectivity index (χ1n) is 12.7. The van der Waals surface area contributed by atoms with Gasteiger partial charge in [0, 0.05) is 24.0 Å². The minimum atomic E-state index is -3.92. The molecule has 2 atom stereocenters. The fourth-order valence-corrected chi connectivity index (χ4v) is 5.43. The maximum atomic E-state index is 14.1. The number of benzene rings is 3. The number of amides is 2. The fourth-order valence-electron chi connectivity index (χ4n) is 4.08. The summed E-state index contributed by atoms with van der Waals surface area (Å²) in [6.45, 7) is 3.31. The summed E-state index contributed by atoms with van der Waals surface area (Å²) < 4.78 is 26.7. The van der Waals surface area contributed by atoms with Crippen LogP contribution in [0.15, 0.2) is 72.8 Å². The molecule has 3 aromatic rings. The molecular formula is C29H32Cl3N3O4S. The van der Waals surface area contributed by atoms with Gasteiger partial charge < -0.3 is 10.2 Å². The Morgan fingerprint density at radius 3 is 2.17 bits per heavy atom. The average molecular weight is 625 g/mol. The van der Waals surface area contributed by atoms with Crippen molar-refractivity contribution in [1.29, 1.82) is 0 Å². The summed E-state index contributed by atoms with van der Waals surface area (Å²) in [6, 6.07) is 19.6. The third-order valence-corrected chi connectivity index (χ3v) is 8.50. The van der Waals surface area contributed by atoms with Crippen molar-refractivity contribution >= 4 is 62.3 Å². The number of nitrogens with zero attached hydrogens (tertiary/aromatic N) is 2. The minimum absolute atomic E-state index is 0.0315. The number of nitrogens with one attached hydrogen (secondary N) is 1. The second kappa shape index (κ2) is 14.2. The Kier molecular flexibility index (Phi) is 11.3. The molecule has 0 heterocycles. The standard InChI is InChI=1S/C29H32Cl3N3O4S/c1-4-20(2)33-29(37)27(16-21-9-6-5-7-10-21)34(18-22-11-8-12-23(30)15-22)28(36)19-35(40(3,38)39)24-13-14-25(31)26(32)17-24/h5-15,17,20,27H,4,16,18-19H2,1-3H3,(H,33,37)/t20-,27+/m1/s1. The van der Waals surface area contributed by atoms with E-state index in [1.165, 1.54) is 23.1 Å². The normalized spacial score (nSPS) is 12.8. The monoisotopic (exact) mass is 623 g/mol. The van der Waals surface area contributed by atoms with E-state index in [1.54, 1.807) is 24.3 Å². The summed E-state index contributed by atoms with van der Waals surface area (Å²) >= 11 is 18.4. The van der Waals surface area contributed by atoms with Gasteiger partial charge in [0.15, 0.2) is 0 Å². The lowest BCUT2D eigenvalue weighted by molar-refractivity contribution is -0.140. The van der Waals surface area contributed by atoms with E-state index in [-0.39, 0.29) is 40.6 Å². The zero-order chi connectivity index (χ0) is 29.4. The van der Waals surface area contributed by atoms with Crippen molar-refractivity contribution in [3.05, 3.63) is 99.0 Å². The Labute approximate surface area is 251 Å². The Morgan fingerprint density at radius 1 is 0.900 bits per heavy atom. The van der Waals surface area contributed by atoms with E-state index in [9.17, 15) is 18.0 Å². The molecule has 0 aliphatic heterocycles. The highest BCUT2D eigenvalue weighted by Gasteiger charge is 2.33. The summed E-state index contributed by atoms with van der Waals surface area (Å²) in [5, 5.41) is 3.85. The summed E-state index contributed by atoms with van der Waals surface area (Å²) in [6.07, 6.45) is 1.92. The SMILES string of the molecule is CC[C@@H](C)NC(=O)[C@H](Cc1ccccc1)N(Cc1cccc(Cl)c1)C(=O)CN(c1ccc(Cl)c(Cl)c1)S(C)(=O)=O. The molecule has 0 aliphatic carbocycles. The van der Waals surface area contributed by atoms with Crippen LogP contribution in [0.2, 0.25) is 15.1 Å². The first-order valence-corrected chi connectivity index (χ1v) is 15.7. The Morgan fingerprint density at radius 2 is 1.57 bits per heavy atom. The van der Waals surface area contributed by atoms with Gasteiger partial charge >= 0.3 is 0 Å². The van der Waals surface area contributed by atoms with Gasteiger partial charge in [0.05, 0.1) is 22.0 Å². The van der Waals surface area contributed by atoms with Crippen LogP contribution in [0.25, 0.3) is 0 Å². The number of rotatable bonds is 12. The third kappa shape index (κ3) is 8.86. The van der Waals surface area contributed by atoms with Crippen LogP contribution in [0.1, 0.15) is 31.4 Å². The molecule has 3 rings (SSSR count). The number of carbonyl (C=O) groups is 2.